The molecule has 0 aliphatic carbocycles. The summed E-state index contributed by atoms with van der Waals surface area (Å²) in [6.45, 7) is 5.06. The summed E-state index contributed by atoms with van der Waals surface area (Å²) in [4.78, 5) is 36.8. The summed E-state index contributed by atoms with van der Waals surface area (Å²) in [6, 6.07) is -1.66. The summed E-state index contributed by atoms with van der Waals surface area (Å²) in [5, 5.41) is 13.9. The number of amides is 3. The number of aromatic nitrogens is 1. The third kappa shape index (κ3) is 3.50. The van der Waals surface area contributed by atoms with Crippen LogP contribution in [-0.2, 0) is 4.79 Å². The Hall–Kier alpha value is -2.51. The molecule has 1 rings (SSSR count). The van der Waals surface area contributed by atoms with E-state index in [0.29, 0.717) is 5.69 Å². The molecular formula is C12H18N4O4. The molecule has 110 valence electrons. The Morgan fingerprint density at radius 2 is 1.95 bits per heavy atom. The van der Waals surface area contributed by atoms with Crippen molar-refractivity contribution in [2.24, 2.45) is 11.7 Å². The monoisotopic (exact) mass is 282 g/mol. The van der Waals surface area contributed by atoms with Crippen LogP contribution >= 0.6 is 0 Å². The SMILES string of the molecule is Cc1[nH]cc(NC(=O)C(NC(N)=O)C(C)C)c1C(=O)O. The number of primary amides is 1. The maximum absolute atomic E-state index is 12.1. The van der Waals surface area contributed by atoms with Crippen molar-refractivity contribution in [1.29, 1.82) is 0 Å². The number of nitrogens with one attached hydrogen (secondary N) is 3. The number of hydrogen-bond donors (Lipinski definition) is 5. The van der Waals surface area contributed by atoms with Gasteiger partial charge in [-0.1, -0.05) is 13.8 Å². The number of carbonyl (C=O) groups is 3. The van der Waals surface area contributed by atoms with Gasteiger partial charge in [-0.3, -0.25) is 4.79 Å². The van der Waals surface area contributed by atoms with Crippen LogP contribution in [0.25, 0.3) is 0 Å². The average molecular weight is 282 g/mol. The maximum atomic E-state index is 12.1. The third-order valence-corrected chi connectivity index (χ3v) is 2.80. The van der Waals surface area contributed by atoms with Crippen molar-refractivity contribution >= 4 is 23.6 Å². The van der Waals surface area contributed by atoms with E-state index in [1.54, 1.807) is 20.8 Å². The molecule has 0 saturated carbocycles. The van der Waals surface area contributed by atoms with Gasteiger partial charge in [-0.15, -0.1) is 0 Å². The fourth-order valence-corrected chi connectivity index (χ4v) is 1.80. The van der Waals surface area contributed by atoms with Gasteiger partial charge in [-0.2, -0.15) is 0 Å². The van der Waals surface area contributed by atoms with Crippen molar-refractivity contribution in [3.8, 4) is 0 Å². The van der Waals surface area contributed by atoms with Gasteiger partial charge in [0.2, 0.25) is 5.91 Å². The van der Waals surface area contributed by atoms with Gasteiger partial charge in [-0.25, -0.2) is 9.59 Å². The zero-order chi connectivity index (χ0) is 15.4. The van der Waals surface area contributed by atoms with Crippen molar-refractivity contribution in [2.45, 2.75) is 26.8 Å². The van der Waals surface area contributed by atoms with Crippen molar-refractivity contribution in [1.82, 2.24) is 10.3 Å². The highest BCUT2D eigenvalue weighted by Crippen LogP contribution is 2.19. The lowest BCUT2D eigenvalue weighted by Gasteiger charge is -2.20. The van der Waals surface area contributed by atoms with E-state index in [-0.39, 0.29) is 17.2 Å². The molecule has 3 amide bonds. The molecule has 1 heterocycles. The molecule has 0 spiro atoms. The summed E-state index contributed by atoms with van der Waals surface area (Å²) in [6.07, 6.45) is 1.39. The van der Waals surface area contributed by atoms with Gasteiger partial charge in [0.15, 0.2) is 0 Å². The van der Waals surface area contributed by atoms with Crippen LogP contribution in [0, 0.1) is 12.8 Å². The summed E-state index contributed by atoms with van der Waals surface area (Å²) in [5.74, 6) is -1.88. The molecule has 0 aromatic carbocycles. The Labute approximate surface area is 115 Å². The molecule has 0 aliphatic rings. The lowest BCUT2D eigenvalue weighted by Crippen LogP contribution is -2.49. The quantitative estimate of drug-likeness (QED) is 0.541. The van der Waals surface area contributed by atoms with Crippen LogP contribution in [0.3, 0.4) is 0 Å². The number of nitrogens with two attached hydrogens (primary N) is 1. The smallest absolute Gasteiger partial charge is 0.339 e. The average Bonchev–Trinajstić information content (AvgIpc) is 2.66. The molecule has 0 bridgehead atoms. The Balaban J connectivity index is 2.94. The van der Waals surface area contributed by atoms with Crippen LogP contribution in [0.2, 0.25) is 0 Å². The highest BCUT2D eigenvalue weighted by molar-refractivity contribution is 6.03. The molecule has 6 N–H and O–H groups in total. The number of rotatable bonds is 5. The standard InChI is InChI=1S/C12H18N4O4/c1-5(2)9(16-12(13)20)10(17)15-7-4-14-6(3)8(7)11(18)19/h4-5,9,14H,1-3H3,(H,15,17)(H,18,19)(H3,13,16,20). The summed E-state index contributed by atoms with van der Waals surface area (Å²) in [5.41, 5.74) is 5.58. The number of carboxylic acid groups (broad SMARTS) is 1. The molecule has 0 fully saturated rings. The molecule has 1 unspecified atom stereocenters. The fraction of sp³-hybridized carbons (Fsp3) is 0.417. The largest absolute Gasteiger partial charge is 0.478 e. The summed E-state index contributed by atoms with van der Waals surface area (Å²) in [7, 11) is 0. The van der Waals surface area contributed by atoms with Gasteiger partial charge < -0.3 is 26.5 Å². The number of anilines is 1. The Bertz CT molecular complexity index is 536. The number of H-pyrrole nitrogens is 1. The van der Waals surface area contributed by atoms with Gasteiger partial charge in [0, 0.05) is 11.9 Å². The highest BCUT2D eigenvalue weighted by Gasteiger charge is 2.25. The van der Waals surface area contributed by atoms with E-state index >= 15 is 0 Å². The predicted octanol–water partition coefficient (Wildman–Crippen LogP) is 0.653. The number of carbonyl (C=O) groups excluding carboxylic acids is 2. The second-order valence-corrected chi connectivity index (χ2v) is 4.73. The summed E-state index contributed by atoms with van der Waals surface area (Å²) >= 11 is 0. The maximum Gasteiger partial charge on any atom is 0.339 e. The predicted molar refractivity (Wildman–Crippen MR) is 72.5 cm³/mol. The molecular weight excluding hydrogens is 264 g/mol. The van der Waals surface area contributed by atoms with Gasteiger partial charge in [0.1, 0.15) is 11.6 Å². The number of hydrogen-bond acceptors (Lipinski definition) is 3. The van der Waals surface area contributed by atoms with E-state index in [0.717, 1.165) is 0 Å². The minimum atomic E-state index is -1.15. The number of aryl methyl sites for hydroxylation is 1. The number of carboxylic acids is 1. The molecule has 8 heteroatoms. The van der Waals surface area contributed by atoms with Crippen LogP contribution in [0.4, 0.5) is 10.5 Å². The van der Waals surface area contributed by atoms with Gasteiger partial charge >= 0.3 is 12.0 Å². The normalized spacial score (nSPS) is 12.0. The van der Waals surface area contributed by atoms with Gasteiger partial charge in [0.25, 0.3) is 0 Å². The zero-order valence-corrected chi connectivity index (χ0v) is 11.5. The van der Waals surface area contributed by atoms with Crippen LogP contribution < -0.4 is 16.4 Å². The zero-order valence-electron chi connectivity index (χ0n) is 11.5. The second-order valence-electron chi connectivity index (χ2n) is 4.73. The molecule has 8 nitrogen and oxygen atoms in total. The first-order chi connectivity index (χ1) is 9.23. The van der Waals surface area contributed by atoms with Crippen LogP contribution in [0.5, 0.6) is 0 Å². The van der Waals surface area contributed by atoms with E-state index in [4.69, 9.17) is 10.8 Å². The van der Waals surface area contributed by atoms with Crippen molar-refractivity contribution in [3.63, 3.8) is 0 Å². The van der Waals surface area contributed by atoms with E-state index in [1.807, 2.05) is 0 Å². The van der Waals surface area contributed by atoms with E-state index in [1.165, 1.54) is 6.20 Å². The van der Waals surface area contributed by atoms with Crippen LogP contribution in [-0.4, -0.2) is 34.0 Å². The van der Waals surface area contributed by atoms with Gasteiger partial charge in [0.05, 0.1) is 5.69 Å². The van der Waals surface area contributed by atoms with E-state index in [2.05, 4.69) is 15.6 Å². The first-order valence-corrected chi connectivity index (χ1v) is 6.02. The number of aromatic carboxylic acids is 1. The molecule has 1 aromatic rings. The van der Waals surface area contributed by atoms with Crippen molar-refractivity contribution in [2.75, 3.05) is 5.32 Å². The minimum absolute atomic E-state index is 0.0140. The Kier molecular flexibility index (Phi) is 4.73. The Morgan fingerprint density at radius 3 is 2.40 bits per heavy atom. The molecule has 0 saturated heterocycles. The van der Waals surface area contributed by atoms with Crippen molar-refractivity contribution < 1.29 is 19.5 Å². The molecule has 1 atom stereocenters. The number of aromatic amines is 1. The molecule has 0 radical (unpaired) electrons. The first kappa shape index (κ1) is 15.5. The topological polar surface area (TPSA) is 137 Å². The highest BCUT2D eigenvalue weighted by atomic mass is 16.4. The number of urea groups is 1. The molecule has 20 heavy (non-hydrogen) atoms. The fourth-order valence-electron chi connectivity index (χ4n) is 1.80. The van der Waals surface area contributed by atoms with Gasteiger partial charge in [-0.05, 0) is 12.8 Å². The van der Waals surface area contributed by atoms with E-state index in [9.17, 15) is 14.4 Å². The summed E-state index contributed by atoms with van der Waals surface area (Å²) < 4.78 is 0. The van der Waals surface area contributed by atoms with Crippen LogP contribution in [0.1, 0.15) is 29.9 Å². The lowest BCUT2D eigenvalue weighted by atomic mass is 10.0. The lowest BCUT2D eigenvalue weighted by molar-refractivity contribution is -0.118. The third-order valence-electron chi connectivity index (χ3n) is 2.80. The second kappa shape index (κ2) is 6.09. The first-order valence-electron chi connectivity index (χ1n) is 6.02. The minimum Gasteiger partial charge on any atom is -0.478 e. The Morgan fingerprint density at radius 1 is 1.35 bits per heavy atom. The molecule has 0 aliphatic heterocycles. The van der Waals surface area contributed by atoms with E-state index < -0.39 is 23.9 Å². The van der Waals surface area contributed by atoms with Crippen LogP contribution in [0.15, 0.2) is 6.20 Å². The van der Waals surface area contributed by atoms with Crippen molar-refractivity contribution in [3.05, 3.63) is 17.5 Å². The molecule has 1 aromatic heterocycles.